The van der Waals surface area contributed by atoms with Crippen molar-refractivity contribution < 1.29 is 8.78 Å². The Bertz CT molecular complexity index is 566. The van der Waals surface area contributed by atoms with Crippen molar-refractivity contribution in [2.45, 2.75) is 13.0 Å². The SMILES string of the molecule is O=c1[nH]c2ccccc2cc1CNCC(F)F. The van der Waals surface area contributed by atoms with Gasteiger partial charge >= 0.3 is 0 Å². The third-order valence-electron chi connectivity index (χ3n) is 2.44. The molecule has 0 aliphatic carbocycles. The van der Waals surface area contributed by atoms with Gasteiger partial charge in [-0.05, 0) is 17.5 Å². The molecule has 1 aromatic carbocycles. The number of H-pyrrole nitrogens is 1. The summed E-state index contributed by atoms with van der Waals surface area (Å²) >= 11 is 0. The van der Waals surface area contributed by atoms with Gasteiger partial charge in [0.15, 0.2) is 0 Å². The molecule has 2 rings (SSSR count). The van der Waals surface area contributed by atoms with Crippen molar-refractivity contribution in [2.75, 3.05) is 6.54 Å². The molecule has 5 heteroatoms. The summed E-state index contributed by atoms with van der Waals surface area (Å²) in [5.74, 6) is 0. The average molecular weight is 238 g/mol. The standard InChI is InChI=1S/C12H12F2N2O/c13-11(14)7-15-6-9-5-8-3-1-2-4-10(8)16-12(9)17/h1-5,11,15H,6-7H2,(H,16,17). The van der Waals surface area contributed by atoms with E-state index in [0.717, 1.165) is 10.9 Å². The lowest BCUT2D eigenvalue weighted by atomic mass is 10.1. The number of fused-ring (bicyclic) bond motifs is 1. The fourth-order valence-electron chi connectivity index (χ4n) is 1.64. The summed E-state index contributed by atoms with van der Waals surface area (Å²) in [5, 5.41) is 3.43. The predicted octanol–water partition coefficient (Wildman–Crippen LogP) is 1.88. The maximum absolute atomic E-state index is 11.9. The molecule has 90 valence electrons. The van der Waals surface area contributed by atoms with E-state index in [0.29, 0.717) is 5.56 Å². The first-order valence-corrected chi connectivity index (χ1v) is 5.26. The van der Waals surface area contributed by atoms with E-state index in [1.807, 2.05) is 18.2 Å². The van der Waals surface area contributed by atoms with Crippen LogP contribution in [0.4, 0.5) is 8.78 Å². The fourth-order valence-corrected chi connectivity index (χ4v) is 1.64. The molecule has 0 amide bonds. The van der Waals surface area contributed by atoms with Crippen molar-refractivity contribution in [2.24, 2.45) is 0 Å². The number of hydrogen-bond acceptors (Lipinski definition) is 2. The Kier molecular flexibility index (Phi) is 3.49. The molecule has 1 aromatic heterocycles. The van der Waals surface area contributed by atoms with Gasteiger partial charge in [0.05, 0.1) is 6.54 Å². The van der Waals surface area contributed by atoms with Crippen LogP contribution < -0.4 is 10.9 Å². The largest absolute Gasteiger partial charge is 0.322 e. The zero-order valence-corrected chi connectivity index (χ0v) is 9.04. The number of nitrogens with one attached hydrogen (secondary N) is 2. The summed E-state index contributed by atoms with van der Waals surface area (Å²) in [7, 11) is 0. The van der Waals surface area contributed by atoms with E-state index in [4.69, 9.17) is 0 Å². The molecule has 0 bridgehead atoms. The molecule has 0 aliphatic heterocycles. The summed E-state index contributed by atoms with van der Waals surface area (Å²) in [6.07, 6.45) is -2.41. The van der Waals surface area contributed by atoms with Gasteiger partial charge in [0.1, 0.15) is 0 Å². The molecule has 17 heavy (non-hydrogen) atoms. The molecule has 0 saturated heterocycles. The topological polar surface area (TPSA) is 44.9 Å². The number of para-hydroxylation sites is 1. The van der Waals surface area contributed by atoms with E-state index in [1.54, 1.807) is 12.1 Å². The van der Waals surface area contributed by atoms with Crippen molar-refractivity contribution in [1.29, 1.82) is 0 Å². The van der Waals surface area contributed by atoms with Crippen LogP contribution in [0.5, 0.6) is 0 Å². The highest BCUT2D eigenvalue weighted by atomic mass is 19.3. The van der Waals surface area contributed by atoms with Crippen molar-refractivity contribution in [3.05, 3.63) is 46.2 Å². The summed E-state index contributed by atoms with van der Waals surface area (Å²) in [6.45, 7) is -0.267. The molecular formula is C12H12F2N2O. The molecular weight excluding hydrogens is 226 g/mol. The number of pyridine rings is 1. The average Bonchev–Trinajstić information content (AvgIpc) is 2.29. The predicted molar refractivity (Wildman–Crippen MR) is 62.3 cm³/mol. The van der Waals surface area contributed by atoms with Gasteiger partial charge < -0.3 is 10.3 Å². The Labute approximate surface area is 96.5 Å². The fraction of sp³-hybridized carbons (Fsp3) is 0.250. The lowest BCUT2D eigenvalue weighted by Gasteiger charge is -2.05. The minimum atomic E-state index is -2.41. The second kappa shape index (κ2) is 5.05. The van der Waals surface area contributed by atoms with Crippen LogP contribution in [0.15, 0.2) is 35.1 Å². The monoisotopic (exact) mass is 238 g/mol. The number of halogens is 2. The maximum Gasteiger partial charge on any atom is 0.252 e. The van der Waals surface area contributed by atoms with Crippen LogP contribution in [0.2, 0.25) is 0 Å². The minimum Gasteiger partial charge on any atom is -0.322 e. The molecule has 0 fully saturated rings. The third kappa shape index (κ3) is 2.88. The maximum atomic E-state index is 11.9. The Morgan fingerprint density at radius 3 is 2.82 bits per heavy atom. The number of aromatic amines is 1. The Balaban J connectivity index is 2.22. The van der Waals surface area contributed by atoms with Crippen molar-refractivity contribution >= 4 is 10.9 Å². The van der Waals surface area contributed by atoms with Crippen molar-refractivity contribution in [3.8, 4) is 0 Å². The van der Waals surface area contributed by atoms with Gasteiger partial charge in [0.25, 0.3) is 12.0 Å². The lowest BCUT2D eigenvalue weighted by Crippen LogP contribution is -2.25. The molecule has 0 unspecified atom stereocenters. The van der Waals surface area contributed by atoms with Crippen LogP contribution in [-0.4, -0.2) is 18.0 Å². The van der Waals surface area contributed by atoms with E-state index in [2.05, 4.69) is 10.3 Å². The highest BCUT2D eigenvalue weighted by molar-refractivity contribution is 5.78. The van der Waals surface area contributed by atoms with Crippen LogP contribution in [0, 0.1) is 0 Å². The van der Waals surface area contributed by atoms with Gasteiger partial charge in [-0.1, -0.05) is 18.2 Å². The highest BCUT2D eigenvalue weighted by Crippen LogP contribution is 2.09. The molecule has 0 atom stereocenters. The summed E-state index contributed by atoms with van der Waals surface area (Å²) in [5.41, 5.74) is 0.963. The normalized spacial score (nSPS) is 11.2. The smallest absolute Gasteiger partial charge is 0.252 e. The number of rotatable bonds is 4. The number of benzene rings is 1. The lowest BCUT2D eigenvalue weighted by molar-refractivity contribution is 0.145. The van der Waals surface area contributed by atoms with E-state index in [-0.39, 0.29) is 12.1 Å². The van der Waals surface area contributed by atoms with Gasteiger partial charge in [-0.15, -0.1) is 0 Å². The van der Waals surface area contributed by atoms with Crippen LogP contribution in [0.25, 0.3) is 10.9 Å². The number of alkyl halides is 2. The minimum absolute atomic E-state index is 0.143. The van der Waals surface area contributed by atoms with Gasteiger partial charge in [0, 0.05) is 17.6 Å². The Morgan fingerprint density at radius 2 is 2.06 bits per heavy atom. The van der Waals surface area contributed by atoms with E-state index in [9.17, 15) is 13.6 Å². The van der Waals surface area contributed by atoms with Gasteiger partial charge in [0.2, 0.25) is 0 Å². The van der Waals surface area contributed by atoms with Gasteiger partial charge in [-0.3, -0.25) is 4.79 Å². The summed E-state index contributed by atoms with van der Waals surface area (Å²) in [6, 6.07) is 9.06. The van der Waals surface area contributed by atoms with E-state index in [1.165, 1.54) is 0 Å². The van der Waals surface area contributed by atoms with Crippen molar-refractivity contribution in [3.63, 3.8) is 0 Å². The highest BCUT2D eigenvalue weighted by Gasteiger charge is 2.04. The number of aromatic nitrogens is 1. The molecule has 0 spiro atoms. The molecule has 0 aliphatic rings. The molecule has 2 aromatic rings. The zero-order chi connectivity index (χ0) is 12.3. The third-order valence-corrected chi connectivity index (χ3v) is 2.44. The molecule has 1 heterocycles. The molecule has 3 nitrogen and oxygen atoms in total. The van der Waals surface area contributed by atoms with Crippen LogP contribution in [-0.2, 0) is 6.54 Å². The van der Waals surface area contributed by atoms with Gasteiger partial charge in [-0.25, -0.2) is 8.78 Å². The second-order valence-corrected chi connectivity index (χ2v) is 3.73. The first-order chi connectivity index (χ1) is 8.16. The Hall–Kier alpha value is -1.75. The quantitative estimate of drug-likeness (QED) is 0.854. The first-order valence-electron chi connectivity index (χ1n) is 5.26. The summed E-state index contributed by atoms with van der Waals surface area (Å²) < 4.78 is 23.9. The second-order valence-electron chi connectivity index (χ2n) is 3.73. The van der Waals surface area contributed by atoms with E-state index < -0.39 is 13.0 Å². The summed E-state index contributed by atoms with van der Waals surface area (Å²) in [4.78, 5) is 14.3. The number of hydrogen-bond donors (Lipinski definition) is 2. The molecule has 2 N–H and O–H groups in total. The first kappa shape index (κ1) is 11.7. The van der Waals surface area contributed by atoms with Crippen LogP contribution >= 0.6 is 0 Å². The molecule has 0 radical (unpaired) electrons. The van der Waals surface area contributed by atoms with E-state index >= 15 is 0 Å². The van der Waals surface area contributed by atoms with Crippen LogP contribution in [0.3, 0.4) is 0 Å². The zero-order valence-electron chi connectivity index (χ0n) is 9.04. The van der Waals surface area contributed by atoms with Gasteiger partial charge in [-0.2, -0.15) is 0 Å². The van der Waals surface area contributed by atoms with Crippen LogP contribution in [0.1, 0.15) is 5.56 Å². The van der Waals surface area contributed by atoms with Crippen molar-refractivity contribution in [1.82, 2.24) is 10.3 Å². The Morgan fingerprint density at radius 1 is 1.29 bits per heavy atom. The molecule has 0 saturated carbocycles.